The van der Waals surface area contributed by atoms with Crippen LogP contribution in [0.3, 0.4) is 0 Å². The fourth-order valence-electron chi connectivity index (χ4n) is 8.80. The third-order valence-electron chi connectivity index (χ3n) is 13.1. The Labute approximate surface area is 393 Å². The molecule has 6 heteroatoms. The van der Waals surface area contributed by atoms with Crippen LogP contribution in [0.5, 0.6) is 0 Å². The maximum absolute atomic E-state index is 12.8. The molecule has 0 amide bonds. The number of carbonyl (C=O) groups is 3. The summed E-state index contributed by atoms with van der Waals surface area (Å²) in [4.78, 5) is 38.0. The molecule has 0 radical (unpaired) electrons. The molecule has 63 heavy (non-hydrogen) atoms. The van der Waals surface area contributed by atoms with E-state index in [1.165, 1.54) is 231 Å². The monoisotopic (exact) mass is 891 g/mol. The van der Waals surface area contributed by atoms with Crippen molar-refractivity contribution in [1.29, 1.82) is 0 Å². The van der Waals surface area contributed by atoms with E-state index in [0.29, 0.717) is 19.3 Å². The predicted molar refractivity (Wildman–Crippen MR) is 270 cm³/mol. The second-order valence-electron chi connectivity index (χ2n) is 19.6. The highest BCUT2D eigenvalue weighted by Crippen LogP contribution is 2.18. The largest absolute Gasteiger partial charge is 0.462 e. The van der Waals surface area contributed by atoms with E-state index in [4.69, 9.17) is 14.2 Å². The minimum Gasteiger partial charge on any atom is -0.462 e. The van der Waals surface area contributed by atoms with Crippen LogP contribution in [-0.4, -0.2) is 37.2 Å². The average Bonchev–Trinajstić information content (AvgIpc) is 3.28. The summed E-state index contributed by atoms with van der Waals surface area (Å²) in [6.45, 7) is 6.68. The van der Waals surface area contributed by atoms with Crippen LogP contribution >= 0.6 is 0 Å². The number of carbonyl (C=O) groups excluding carboxylic acids is 3. The van der Waals surface area contributed by atoms with Crippen LogP contribution in [-0.2, 0) is 28.6 Å². The molecular formula is C57H110O6. The van der Waals surface area contributed by atoms with Crippen LogP contribution in [0.2, 0.25) is 0 Å². The van der Waals surface area contributed by atoms with Crippen molar-refractivity contribution in [3.05, 3.63) is 0 Å². The molecule has 0 saturated heterocycles. The van der Waals surface area contributed by atoms with Crippen molar-refractivity contribution in [2.45, 2.75) is 335 Å². The van der Waals surface area contributed by atoms with Gasteiger partial charge in [-0.3, -0.25) is 14.4 Å². The first-order valence-corrected chi connectivity index (χ1v) is 28.5. The topological polar surface area (TPSA) is 78.9 Å². The lowest BCUT2D eigenvalue weighted by Gasteiger charge is -2.18. The summed E-state index contributed by atoms with van der Waals surface area (Å²) < 4.78 is 16.8. The molecule has 0 aliphatic heterocycles. The molecule has 0 aromatic rings. The van der Waals surface area contributed by atoms with Gasteiger partial charge in [0, 0.05) is 19.3 Å². The highest BCUT2D eigenvalue weighted by molar-refractivity contribution is 5.71. The Hall–Kier alpha value is -1.59. The summed E-state index contributed by atoms with van der Waals surface area (Å²) in [5.41, 5.74) is 0. The standard InChI is InChI=1S/C57H110O6/c1-4-7-10-13-16-19-21-23-25-27-28-29-30-32-33-35-38-41-44-47-50-56(59)62-53-54(52-61-55(58)49-46-43-40-37-18-15-12-9-6-3)63-57(60)51-48-45-42-39-36-34-31-26-24-22-20-17-14-11-8-5-2/h54H,4-53H2,1-3H3. The summed E-state index contributed by atoms with van der Waals surface area (Å²) >= 11 is 0. The van der Waals surface area contributed by atoms with E-state index in [-0.39, 0.29) is 31.1 Å². The smallest absolute Gasteiger partial charge is 0.306 e. The Balaban J connectivity index is 4.19. The molecule has 0 fully saturated rings. The van der Waals surface area contributed by atoms with E-state index in [1.54, 1.807) is 0 Å². The molecule has 374 valence electrons. The van der Waals surface area contributed by atoms with Gasteiger partial charge in [-0.15, -0.1) is 0 Å². The Morgan fingerprint density at radius 1 is 0.254 bits per heavy atom. The first kappa shape index (κ1) is 61.4. The Morgan fingerprint density at radius 2 is 0.429 bits per heavy atom. The molecule has 0 aliphatic carbocycles. The fraction of sp³-hybridized carbons (Fsp3) is 0.947. The highest BCUT2D eigenvalue weighted by atomic mass is 16.6. The van der Waals surface area contributed by atoms with Gasteiger partial charge in [0.15, 0.2) is 6.10 Å². The van der Waals surface area contributed by atoms with E-state index >= 15 is 0 Å². The molecule has 1 unspecified atom stereocenters. The van der Waals surface area contributed by atoms with Gasteiger partial charge in [-0.2, -0.15) is 0 Å². The molecule has 0 rings (SSSR count). The fourth-order valence-corrected chi connectivity index (χ4v) is 8.80. The lowest BCUT2D eigenvalue weighted by atomic mass is 10.0. The van der Waals surface area contributed by atoms with Crippen molar-refractivity contribution in [1.82, 2.24) is 0 Å². The van der Waals surface area contributed by atoms with Gasteiger partial charge in [0.2, 0.25) is 0 Å². The van der Waals surface area contributed by atoms with Crippen molar-refractivity contribution in [3.63, 3.8) is 0 Å². The molecule has 0 spiro atoms. The van der Waals surface area contributed by atoms with Gasteiger partial charge in [0.05, 0.1) is 0 Å². The van der Waals surface area contributed by atoms with Crippen molar-refractivity contribution in [2.75, 3.05) is 13.2 Å². The third-order valence-corrected chi connectivity index (χ3v) is 13.1. The SMILES string of the molecule is CCCCCCCCCCCCCCCCCCCCCCC(=O)OCC(COC(=O)CCCCCCCCCCC)OC(=O)CCCCCCCCCCCCCCCCCC. The lowest BCUT2D eigenvalue weighted by molar-refractivity contribution is -0.167. The molecular weight excluding hydrogens is 781 g/mol. The first-order chi connectivity index (χ1) is 31.0. The summed E-state index contributed by atoms with van der Waals surface area (Å²) in [6.07, 6.45) is 58.2. The maximum atomic E-state index is 12.8. The minimum atomic E-state index is -0.760. The number of hydrogen-bond acceptors (Lipinski definition) is 6. The van der Waals surface area contributed by atoms with Crippen LogP contribution in [0.15, 0.2) is 0 Å². The average molecular weight is 892 g/mol. The van der Waals surface area contributed by atoms with Gasteiger partial charge in [-0.05, 0) is 19.3 Å². The van der Waals surface area contributed by atoms with Gasteiger partial charge in [0.1, 0.15) is 13.2 Å². The number of hydrogen-bond donors (Lipinski definition) is 0. The summed E-state index contributed by atoms with van der Waals surface area (Å²) in [6, 6.07) is 0. The van der Waals surface area contributed by atoms with Crippen LogP contribution in [0.4, 0.5) is 0 Å². The van der Waals surface area contributed by atoms with Crippen molar-refractivity contribution in [3.8, 4) is 0 Å². The molecule has 0 aliphatic rings. The maximum Gasteiger partial charge on any atom is 0.306 e. The zero-order valence-corrected chi connectivity index (χ0v) is 42.9. The number of esters is 3. The zero-order chi connectivity index (χ0) is 45.8. The molecule has 1 atom stereocenters. The number of unbranched alkanes of at least 4 members (excludes halogenated alkanes) is 42. The van der Waals surface area contributed by atoms with Crippen LogP contribution in [0, 0.1) is 0 Å². The number of rotatable bonds is 53. The molecule has 0 aromatic heterocycles. The molecule has 6 nitrogen and oxygen atoms in total. The zero-order valence-electron chi connectivity index (χ0n) is 42.9. The van der Waals surface area contributed by atoms with Gasteiger partial charge < -0.3 is 14.2 Å². The summed E-state index contributed by atoms with van der Waals surface area (Å²) in [7, 11) is 0. The Kier molecular flexibility index (Phi) is 51.7. The predicted octanol–water partition coefficient (Wildman–Crippen LogP) is 18.8. The van der Waals surface area contributed by atoms with E-state index in [2.05, 4.69) is 20.8 Å². The van der Waals surface area contributed by atoms with Crippen molar-refractivity contribution < 1.29 is 28.6 Å². The normalized spacial score (nSPS) is 11.9. The van der Waals surface area contributed by atoms with Crippen LogP contribution in [0.25, 0.3) is 0 Å². The highest BCUT2D eigenvalue weighted by Gasteiger charge is 2.19. The molecule has 0 N–H and O–H groups in total. The molecule has 0 saturated carbocycles. The van der Waals surface area contributed by atoms with Gasteiger partial charge in [-0.25, -0.2) is 0 Å². The molecule has 0 aromatic carbocycles. The van der Waals surface area contributed by atoms with E-state index in [9.17, 15) is 14.4 Å². The number of ether oxygens (including phenoxy) is 3. The summed E-state index contributed by atoms with van der Waals surface area (Å²) in [5.74, 6) is -0.838. The van der Waals surface area contributed by atoms with E-state index in [0.717, 1.165) is 57.8 Å². The summed E-state index contributed by atoms with van der Waals surface area (Å²) in [5, 5.41) is 0. The second kappa shape index (κ2) is 53.0. The van der Waals surface area contributed by atoms with Crippen molar-refractivity contribution in [2.24, 2.45) is 0 Å². The van der Waals surface area contributed by atoms with E-state index in [1.807, 2.05) is 0 Å². The molecule has 0 bridgehead atoms. The Bertz CT molecular complexity index is 936. The van der Waals surface area contributed by atoms with Crippen molar-refractivity contribution >= 4 is 17.9 Å². The van der Waals surface area contributed by atoms with Crippen LogP contribution in [0.1, 0.15) is 329 Å². The minimum absolute atomic E-state index is 0.0615. The Morgan fingerprint density at radius 3 is 0.635 bits per heavy atom. The second-order valence-corrected chi connectivity index (χ2v) is 19.6. The lowest BCUT2D eigenvalue weighted by Crippen LogP contribution is -2.30. The van der Waals surface area contributed by atoms with Crippen LogP contribution < -0.4 is 0 Å². The first-order valence-electron chi connectivity index (χ1n) is 28.5. The van der Waals surface area contributed by atoms with Gasteiger partial charge in [-0.1, -0.05) is 290 Å². The van der Waals surface area contributed by atoms with Gasteiger partial charge >= 0.3 is 17.9 Å². The van der Waals surface area contributed by atoms with E-state index < -0.39 is 6.10 Å². The van der Waals surface area contributed by atoms with Gasteiger partial charge in [0.25, 0.3) is 0 Å². The quantitative estimate of drug-likeness (QED) is 0.0344. The third kappa shape index (κ3) is 51.3. The molecule has 0 heterocycles.